The molecular formula is C15H19ClN2O3. The number of hydrogen-bond acceptors (Lipinski definition) is 3. The van der Waals surface area contributed by atoms with Crippen molar-refractivity contribution < 1.29 is 9.72 Å². The third kappa shape index (κ3) is 3.02. The van der Waals surface area contributed by atoms with Crippen LogP contribution in [0.3, 0.4) is 0 Å². The van der Waals surface area contributed by atoms with Crippen molar-refractivity contribution in [1.82, 2.24) is 4.90 Å². The number of likely N-dealkylation sites (tertiary alicyclic amines) is 1. The molecular weight excluding hydrogens is 292 g/mol. The van der Waals surface area contributed by atoms with Crippen LogP contribution in [0.2, 0.25) is 5.02 Å². The van der Waals surface area contributed by atoms with Gasteiger partial charge in [-0.3, -0.25) is 14.9 Å². The van der Waals surface area contributed by atoms with Gasteiger partial charge >= 0.3 is 0 Å². The number of benzene rings is 1. The van der Waals surface area contributed by atoms with E-state index in [1.165, 1.54) is 18.2 Å². The third-order valence-corrected chi connectivity index (χ3v) is 4.95. The number of halogens is 1. The van der Waals surface area contributed by atoms with E-state index in [2.05, 4.69) is 13.8 Å². The number of nitro groups is 1. The molecule has 0 bridgehead atoms. The van der Waals surface area contributed by atoms with Crippen molar-refractivity contribution >= 4 is 23.2 Å². The first-order valence-corrected chi connectivity index (χ1v) is 7.53. The van der Waals surface area contributed by atoms with Crippen LogP contribution in [-0.2, 0) is 0 Å². The Hall–Kier alpha value is -1.62. The molecule has 0 unspecified atom stereocenters. The van der Waals surface area contributed by atoms with Crippen LogP contribution >= 0.6 is 11.6 Å². The van der Waals surface area contributed by atoms with Gasteiger partial charge in [-0.1, -0.05) is 25.4 Å². The maximum atomic E-state index is 12.6. The predicted molar refractivity (Wildman–Crippen MR) is 81.6 cm³/mol. The Kier molecular flexibility index (Phi) is 4.52. The zero-order valence-corrected chi connectivity index (χ0v) is 13.0. The van der Waals surface area contributed by atoms with Crippen molar-refractivity contribution in [3.8, 4) is 0 Å². The highest BCUT2D eigenvalue weighted by molar-refractivity contribution is 6.33. The summed E-state index contributed by atoms with van der Waals surface area (Å²) in [7, 11) is 0. The molecule has 0 aliphatic carbocycles. The molecule has 6 heteroatoms. The molecule has 1 aliphatic rings. The number of carbonyl (C=O) groups excluding carboxylic acids is 1. The zero-order valence-electron chi connectivity index (χ0n) is 12.3. The molecule has 0 radical (unpaired) electrons. The van der Waals surface area contributed by atoms with Crippen molar-refractivity contribution in [2.45, 2.75) is 33.1 Å². The molecule has 0 spiro atoms. The normalized spacial score (nSPS) is 17.0. The first-order chi connectivity index (χ1) is 9.92. The molecule has 114 valence electrons. The standard InChI is InChI=1S/C15H19ClN2O3/c1-3-15(4-2)7-8-17(10-15)14(19)12-9-11(18(20)21)5-6-13(12)16/h5-6,9H,3-4,7-8,10H2,1-2H3. The molecule has 0 N–H and O–H groups in total. The average molecular weight is 311 g/mol. The summed E-state index contributed by atoms with van der Waals surface area (Å²) in [6.07, 6.45) is 3.02. The van der Waals surface area contributed by atoms with Gasteiger partial charge in [0, 0.05) is 25.2 Å². The van der Waals surface area contributed by atoms with Crippen LogP contribution in [0.25, 0.3) is 0 Å². The fourth-order valence-corrected chi connectivity index (χ4v) is 3.10. The fraction of sp³-hybridized carbons (Fsp3) is 0.533. The minimum Gasteiger partial charge on any atom is -0.338 e. The van der Waals surface area contributed by atoms with Gasteiger partial charge in [0.05, 0.1) is 15.5 Å². The fourth-order valence-electron chi connectivity index (χ4n) is 2.90. The molecule has 0 aromatic heterocycles. The Morgan fingerprint density at radius 2 is 2.10 bits per heavy atom. The number of hydrogen-bond donors (Lipinski definition) is 0. The second-order valence-electron chi connectivity index (χ2n) is 5.61. The molecule has 1 aliphatic heterocycles. The Morgan fingerprint density at radius 1 is 1.43 bits per heavy atom. The average Bonchev–Trinajstić information content (AvgIpc) is 2.92. The van der Waals surface area contributed by atoms with Gasteiger partial charge < -0.3 is 4.90 Å². The van der Waals surface area contributed by atoms with Crippen LogP contribution in [0.1, 0.15) is 43.5 Å². The number of amides is 1. The highest BCUT2D eigenvalue weighted by atomic mass is 35.5. The smallest absolute Gasteiger partial charge is 0.270 e. The summed E-state index contributed by atoms with van der Waals surface area (Å²) in [5.41, 5.74) is 0.274. The highest BCUT2D eigenvalue weighted by Gasteiger charge is 2.37. The van der Waals surface area contributed by atoms with Crippen molar-refractivity contribution in [3.63, 3.8) is 0 Å². The largest absolute Gasteiger partial charge is 0.338 e. The van der Waals surface area contributed by atoms with Crippen molar-refractivity contribution in [2.24, 2.45) is 5.41 Å². The van der Waals surface area contributed by atoms with E-state index in [9.17, 15) is 14.9 Å². The predicted octanol–water partition coefficient (Wildman–Crippen LogP) is 3.90. The van der Waals surface area contributed by atoms with Crippen LogP contribution in [0.15, 0.2) is 18.2 Å². The molecule has 1 aromatic carbocycles. The summed E-state index contributed by atoms with van der Waals surface area (Å²) in [5, 5.41) is 11.1. The van der Waals surface area contributed by atoms with Gasteiger partial charge in [0.25, 0.3) is 11.6 Å². The van der Waals surface area contributed by atoms with Gasteiger partial charge in [-0.25, -0.2) is 0 Å². The number of non-ortho nitro benzene ring substituents is 1. The number of nitro benzene ring substituents is 1. The van der Waals surface area contributed by atoms with Gasteiger partial charge in [0.1, 0.15) is 0 Å². The maximum absolute atomic E-state index is 12.6. The summed E-state index contributed by atoms with van der Waals surface area (Å²) in [6, 6.07) is 3.99. The molecule has 1 amide bonds. The Labute approximate surface area is 129 Å². The van der Waals surface area contributed by atoms with E-state index in [0.29, 0.717) is 13.1 Å². The molecule has 0 saturated carbocycles. The number of nitrogens with zero attached hydrogens (tertiary/aromatic N) is 2. The monoisotopic (exact) mass is 310 g/mol. The van der Waals surface area contributed by atoms with Crippen LogP contribution in [0.5, 0.6) is 0 Å². The Bertz CT molecular complexity index is 570. The lowest BCUT2D eigenvalue weighted by molar-refractivity contribution is -0.384. The third-order valence-electron chi connectivity index (χ3n) is 4.62. The van der Waals surface area contributed by atoms with E-state index >= 15 is 0 Å². The van der Waals surface area contributed by atoms with Crippen molar-refractivity contribution in [2.75, 3.05) is 13.1 Å². The van der Waals surface area contributed by atoms with Gasteiger partial charge in [0.15, 0.2) is 0 Å². The van der Waals surface area contributed by atoms with E-state index < -0.39 is 4.92 Å². The summed E-state index contributed by atoms with van der Waals surface area (Å²) >= 11 is 6.04. The van der Waals surface area contributed by atoms with Crippen LogP contribution < -0.4 is 0 Å². The van der Waals surface area contributed by atoms with E-state index in [1.807, 2.05) is 0 Å². The van der Waals surface area contributed by atoms with E-state index in [1.54, 1.807) is 4.90 Å². The summed E-state index contributed by atoms with van der Waals surface area (Å²) in [4.78, 5) is 24.7. The highest BCUT2D eigenvalue weighted by Crippen LogP contribution is 2.38. The molecule has 2 rings (SSSR count). The first-order valence-electron chi connectivity index (χ1n) is 7.15. The Morgan fingerprint density at radius 3 is 2.62 bits per heavy atom. The summed E-state index contributed by atoms with van der Waals surface area (Å²) in [5.74, 6) is -0.215. The molecule has 1 saturated heterocycles. The van der Waals surface area contributed by atoms with Gasteiger partial charge in [-0.2, -0.15) is 0 Å². The van der Waals surface area contributed by atoms with Crippen LogP contribution in [-0.4, -0.2) is 28.8 Å². The quantitative estimate of drug-likeness (QED) is 0.626. The van der Waals surface area contributed by atoms with E-state index in [0.717, 1.165) is 19.3 Å². The number of carbonyl (C=O) groups is 1. The lowest BCUT2D eigenvalue weighted by atomic mass is 9.82. The molecule has 5 nitrogen and oxygen atoms in total. The van der Waals surface area contributed by atoms with Crippen molar-refractivity contribution in [3.05, 3.63) is 38.9 Å². The van der Waals surface area contributed by atoms with E-state index in [4.69, 9.17) is 11.6 Å². The lowest BCUT2D eigenvalue weighted by Crippen LogP contribution is -2.32. The molecule has 0 atom stereocenters. The van der Waals surface area contributed by atoms with Crippen molar-refractivity contribution in [1.29, 1.82) is 0 Å². The lowest BCUT2D eigenvalue weighted by Gasteiger charge is -2.26. The molecule has 21 heavy (non-hydrogen) atoms. The van der Waals surface area contributed by atoms with E-state index in [-0.39, 0.29) is 27.6 Å². The number of rotatable bonds is 4. The Balaban J connectivity index is 2.25. The summed E-state index contributed by atoms with van der Waals surface area (Å²) in [6.45, 7) is 5.65. The zero-order chi connectivity index (χ0) is 15.6. The van der Waals surface area contributed by atoms with Gasteiger partial charge in [-0.05, 0) is 30.7 Å². The minimum absolute atomic E-state index is 0.112. The van der Waals surface area contributed by atoms with Gasteiger partial charge in [-0.15, -0.1) is 0 Å². The second kappa shape index (κ2) is 6.02. The maximum Gasteiger partial charge on any atom is 0.270 e. The molecule has 1 fully saturated rings. The van der Waals surface area contributed by atoms with Crippen LogP contribution in [0, 0.1) is 15.5 Å². The topological polar surface area (TPSA) is 63.5 Å². The molecule has 1 heterocycles. The van der Waals surface area contributed by atoms with Gasteiger partial charge in [0.2, 0.25) is 0 Å². The SMILES string of the molecule is CCC1(CC)CCN(C(=O)c2cc([N+](=O)[O-])ccc2Cl)C1. The minimum atomic E-state index is -0.514. The summed E-state index contributed by atoms with van der Waals surface area (Å²) < 4.78 is 0. The molecule has 1 aromatic rings. The first kappa shape index (κ1) is 15.8. The van der Waals surface area contributed by atoms with Crippen LogP contribution in [0.4, 0.5) is 5.69 Å². The second-order valence-corrected chi connectivity index (χ2v) is 6.01.